The fourth-order valence-electron chi connectivity index (χ4n) is 2.00. The zero-order valence-electron chi connectivity index (χ0n) is 12.7. The molecule has 0 saturated carbocycles. The van der Waals surface area contributed by atoms with Crippen LogP contribution in [0, 0.1) is 0 Å². The highest BCUT2D eigenvalue weighted by Gasteiger charge is 2.20. The van der Waals surface area contributed by atoms with Gasteiger partial charge >= 0.3 is 5.97 Å². The molecule has 122 valence electrons. The number of carbonyl (C=O) groups excluding carboxylic acids is 1. The highest BCUT2D eigenvalue weighted by atomic mass is 32.2. The van der Waals surface area contributed by atoms with E-state index in [0.29, 0.717) is 17.9 Å². The van der Waals surface area contributed by atoms with E-state index >= 15 is 0 Å². The Hall–Kier alpha value is -1.86. The first-order valence-electron chi connectivity index (χ1n) is 7.11. The summed E-state index contributed by atoms with van der Waals surface area (Å²) >= 11 is 3.03. The molecule has 2 rings (SSSR count). The number of thiazole rings is 1. The van der Waals surface area contributed by atoms with Crippen molar-refractivity contribution in [2.24, 2.45) is 0 Å². The molecule has 7 heteroatoms. The summed E-state index contributed by atoms with van der Waals surface area (Å²) in [4.78, 5) is 27.6. The Morgan fingerprint density at radius 1 is 1.35 bits per heavy atom. The predicted molar refractivity (Wildman–Crippen MR) is 93.8 cm³/mol. The first-order valence-corrected chi connectivity index (χ1v) is 9.38. The Bertz CT molecular complexity index is 658. The number of carboxylic acids is 1. The Morgan fingerprint density at radius 2 is 2.09 bits per heavy atom. The van der Waals surface area contributed by atoms with Crippen molar-refractivity contribution in [3.8, 4) is 10.6 Å². The maximum atomic E-state index is 12.0. The molecule has 23 heavy (non-hydrogen) atoms. The van der Waals surface area contributed by atoms with Crippen LogP contribution in [-0.2, 0) is 16.0 Å². The van der Waals surface area contributed by atoms with Gasteiger partial charge in [0.15, 0.2) is 0 Å². The van der Waals surface area contributed by atoms with Crippen LogP contribution in [0.4, 0.5) is 0 Å². The van der Waals surface area contributed by atoms with Crippen LogP contribution in [0.15, 0.2) is 35.7 Å². The van der Waals surface area contributed by atoms with Crippen LogP contribution in [0.25, 0.3) is 10.6 Å². The van der Waals surface area contributed by atoms with E-state index in [0.717, 1.165) is 10.6 Å². The minimum Gasteiger partial charge on any atom is -0.480 e. The Labute approximate surface area is 143 Å². The van der Waals surface area contributed by atoms with Crippen molar-refractivity contribution in [3.05, 3.63) is 41.4 Å². The van der Waals surface area contributed by atoms with Crippen LogP contribution in [0.2, 0.25) is 0 Å². The van der Waals surface area contributed by atoms with Gasteiger partial charge in [0.25, 0.3) is 0 Å². The second kappa shape index (κ2) is 8.69. The Kier molecular flexibility index (Phi) is 6.61. The van der Waals surface area contributed by atoms with Crippen molar-refractivity contribution < 1.29 is 14.7 Å². The fraction of sp³-hybridized carbons (Fsp3) is 0.312. The minimum absolute atomic E-state index is 0.0897. The molecule has 1 amide bonds. The number of thioether (sulfide) groups is 1. The smallest absolute Gasteiger partial charge is 0.326 e. The molecule has 1 aromatic carbocycles. The van der Waals surface area contributed by atoms with Crippen molar-refractivity contribution in [1.29, 1.82) is 0 Å². The fourth-order valence-corrected chi connectivity index (χ4v) is 3.30. The summed E-state index contributed by atoms with van der Waals surface area (Å²) in [7, 11) is 0. The highest BCUT2D eigenvalue weighted by molar-refractivity contribution is 7.98. The third-order valence-electron chi connectivity index (χ3n) is 3.16. The maximum Gasteiger partial charge on any atom is 0.326 e. The molecule has 1 aromatic heterocycles. The second-order valence-electron chi connectivity index (χ2n) is 4.93. The number of benzene rings is 1. The zero-order valence-corrected chi connectivity index (χ0v) is 14.3. The van der Waals surface area contributed by atoms with Crippen molar-refractivity contribution >= 4 is 35.0 Å². The summed E-state index contributed by atoms with van der Waals surface area (Å²) in [6.45, 7) is 0. The van der Waals surface area contributed by atoms with Crippen LogP contribution >= 0.6 is 23.1 Å². The molecule has 0 radical (unpaired) electrons. The topological polar surface area (TPSA) is 79.3 Å². The lowest BCUT2D eigenvalue weighted by Gasteiger charge is -2.13. The molecule has 0 aliphatic carbocycles. The van der Waals surface area contributed by atoms with Crippen LogP contribution in [0.5, 0.6) is 0 Å². The van der Waals surface area contributed by atoms with E-state index < -0.39 is 12.0 Å². The van der Waals surface area contributed by atoms with Crippen LogP contribution in [0.1, 0.15) is 12.1 Å². The average Bonchev–Trinajstić information content (AvgIpc) is 3.00. The molecular weight excluding hydrogens is 332 g/mol. The van der Waals surface area contributed by atoms with Gasteiger partial charge in [0.05, 0.1) is 12.1 Å². The number of nitrogens with one attached hydrogen (secondary N) is 1. The van der Waals surface area contributed by atoms with Crippen LogP contribution in [0.3, 0.4) is 0 Å². The molecule has 0 fully saturated rings. The molecule has 0 saturated heterocycles. The van der Waals surface area contributed by atoms with E-state index in [2.05, 4.69) is 10.3 Å². The summed E-state index contributed by atoms with van der Waals surface area (Å²) in [5, 5.41) is 14.4. The largest absolute Gasteiger partial charge is 0.480 e. The summed E-state index contributed by atoms with van der Waals surface area (Å²) in [5.74, 6) is -0.634. The third kappa shape index (κ3) is 5.37. The van der Waals surface area contributed by atoms with Gasteiger partial charge in [-0.15, -0.1) is 11.3 Å². The number of hydrogen-bond acceptors (Lipinski definition) is 5. The van der Waals surface area contributed by atoms with Gasteiger partial charge in [-0.1, -0.05) is 30.3 Å². The normalized spacial score (nSPS) is 11.9. The van der Waals surface area contributed by atoms with E-state index in [1.807, 2.05) is 42.0 Å². The van der Waals surface area contributed by atoms with Crippen molar-refractivity contribution in [1.82, 2.24) is 10.3 Å². The van der Waals surface area contributed by atoms with E-state index in [9.17, 15) is 9.59 Å². The van der Waals surface area contributed by atoms with Gasteiger partial charge in [-0.05, 0) is 18.4 Å². The summed E-state index contributed by atoms with van der Waals surface area (Å²) in [5.41, 5.74) is 1.66. The predicted octanol–water partition coefficient (Wildman–Crippen LogP) is 2.68. The van der Waals surface area contributed by atoms with Gasteiger partial charge in [-0.3, -0.25) is 4.79 Å². The second-order valence-corrected chi connectivity index (χ2v) is 6.77. The monoisotopic (exact) mass is 350 g/mol. The van der Waals surface area contributed by atoms with E-state index in [1.165, 1.54) is 11.3 Å². The molecular formula is C16H18N2O3S2. The molecule has 0 spiro atoms. The molecule has 1 unspecified atom stereocenters. The van der Waals surface area contributed by atoms with Crippen molar-refractivity contribution in [3.63, 3.8) is 0 Å². The molecule has 0 bridgehead atoms. The molecule has 1 atom stereocenters. The van der Waals surface area contributed by atoms with Gasteiger partial charge in [-0.2, -0.15) is 11.8 Å². The molecule has 0 aliphatic rings. The maximum absolute atomic E-state index is 12.0. The van der Waals surface area contributed by atoms with Crippen molar-refractivity contribution in [2.75, 3.05) is 12.0 Å². The van der Waals surface area contributed by atoms with Crippen molar-refractivity contribution in [2.45, 2.75) is 18.9 Å². The quantitative estimate of drug-likeness (QED) is 0.765. The van der Waals surface area contributed by atoms with Crippen LogP contribution in [-0.4, -0.2) is 40.0 Å². The Balaban J connectivity index is 1.95. The van der Waals surface area contributed by atoms with Gasteiger partial charge in [0, 0.05) is 10.9 Å². The summed E-state index contributed by atoms with van der Waals surface area (Å²) in [6, 6.07) is 8.89. The first kappa shape index (κ1) is 17.5. The molecule has 2 aromatic rings. The van der Waals surface area contributed by atoms with Gasteiger partial charge in [0.1, 0.15) is 11.0 Å². The number of hydrogen-bond donors (Lipinski definition) is 2. The number of carbonyl (C=O) groups is 2. The molecule has 0 aliphatic heterocycles. The lowest BCUT2D eigenvalue weighted by molar-refractivity contribution is -0.141. The van der Waals surface area contributed by atoms with Gasteiger partial charge in [0.2, 0.25) is 5.91 Å². The number of carboxylic acid groups (broad SMARTS) is 1. The zero-order chi connectivity index (χ0) is 16.7. The first-order chi connectivity index (χ1) is 11.1. The van der Waals surface area contributed by atoms with Gasteiger partial charge < -0.3 is 10.4 Å². The number of aromatic nitrogens is 1. The number of aliphatic carboxylic acids is 1. The highest BCUT2D eigenvalue weighted by Crippen LogP contribution is 2.23. The third-order valence-corrected chi connectivity index (χ3v) is 4.74. The number of nitrogens with zero attached hydrogens (tertiary/aromatic N) is 1. The lowest BCUT2D eigenvalue weighted by atomic mass is 10.2. The number of rotatable bonds is 8. The minimum atomic E-state index is -1.00. The standard InChI is InChI=1S/C16H18N2O3S2/c1-22-8-7-13(16(20)21)18-14(19)9-12-10-23-15(17-12)11-5-3-2-4-6-11/h2-6,10,13H,7-9H2,1H3,(H,18,19)(H,20,21). The Morgan fingerprint density at radius 3 is 2.74 bits per heavy atom. The number of amides is 1. The molecule has 2 N–H and O–H groups in total. The van der Waals surface area contributed by atoms with E-state index in [1.54, 1.807) is 11.8 Å². The molecule has 1 heterocycles. The summed E-state index contributed by atoms with van der Waals surface area (Å²) in [6.07, 6.45) is 2.40. The van der Waals surface area contributed by atoms with Gasteiger partial charge in [-0.25, -0.2) is 9.78 Å². The lowest BCUT2D eigenvalue weighted by Crippen LogP contribution is -2.41. The van der Waals surface area contributed by atoms with E-state index in [-0.39, 0.29) is 12.3 Å². The van der Waals surface area contributed by atoms with E-state index in [4.69, 9.17) is 5.11 Å². The SMILES string of the molecule is CSCCC(NC(=O)Cc1csc(-c2ccccc2)n1)C(=O)O. The average molecular weight is 350 g/mol. The molecule has 5 nitrogen and oxygen atoms in total. The van der Waals surface area contributed by atoms with Crippen LogP contribution < -0.4 is 5.32 Å². The summed E-state index contributed by atoms with van der Waals surface area (Å²) < 4.78 is 0.